The highest BCUT2D eigenvalue weighted by Crippen LogP contribution is 2.33. The third kappa shape index (κ3) is 43.7. The van der Waals surface area contributed by atoms with E-state index in [0.29, 0.717) is 46.3 Å². The number of nitrogens with zero attached hydrogens (tertiary/aromatic N) is 6. The van der Waals surface area contributed by atoms with E-state index in [9.17, 15) is 58.5 Å². The first-order valence-corrected chi connectivity index (χ1v) is 49.5. The maximum Gasteiger partial charge on any atom is 0.335 e. The first kappa shape index (κ1) is 132. The van der Waals surface area contributed by atoms with E-state index < -0.39 is 87.5 Å². The molecule has 3 fully saturated rings. The van der Waals surface area contributed by atoms with Gasteiger partial charge in [0.15, 0.2) is 6.04 Å². The smallest absolute Gasteiger partial charge is 0.335 e. The maximum atomic E-state index is 12.7. The number of morpholine rings is 3. The molecule has 6 heterocycles. The van der Waals surface area contributed by atoms with Crippen LogP contribution in [0.3, 0.4) is 0 Å². The molecule has 8 unspecified atom stereocenters. The summed E-state index contributed by atoms with van der Waals surface area (Å²) >= 11 is 32.4. The van der Waals surface area contributed by atoms with E-state index in [4.69, 9.17) is 114 Å². The van der Waals surface area contributed by atoms with E-state index in [2.05, 4.69) is 155 Å². The highest BCUT2D eigenvalue weighted by Gasteiger charge is 2.43. The van der Waals surface area contributed by atoms with Crippen LogP contribution in [0.25, 0.3) is 0 Å². The summed E-state index contributed by atoms with van der Waals surface area (Å²) in [6.45, 7) is 25.4. The van der Waals surface area contributed by atoms with Crippen LogP contribution in [0.4, 0.5) is 0 Å². The SMILES string of the molecule is C.C.C.C#Cc1ccc(CN2CCOCC2)cc1.CC(O)C(C(=O)NO)N1Cc2cc(C#Cc3ccc(CN4CCOCC4)cc3)ccc2C1=O.CC(O)C(C(=O)NO)N1Cc2cc(C#Cc3ccc(CN4CCOCC4)cc3)ccc2C1=O.CCOC(=O)C(C(C)O)N1Cc2cc(Br)ccc2C1=O.CCOC(=O)C(N)C(C)O.CO.Cc1cc(Br)ccc1C(=O)O.ClC(Cl)(Cl)Cl.NO.O=C(O)c1ccc(Br)cc1CBr. The van der Waals surface area contributed by atoms with Gasteiger partial charge in [0.05, 0.1) is 88.4 Å². The van der Waals surface area contributed by atoms with Gasteiger partial charge in [-0.05, 0) is 220 Å². The highest BCUT2D eigenvalue weighted by molar-refractivity contribution is 9.11. The van der Waals surface area contributed by atoms with Crippen molar-refractivity contribution in [2.45, 2.75) is 167 Å². The standard InChI is InChI=1S/2C25H27N3O5.C14H16BrNO4.C13H15NO.C8H6Br2O2.C8H7BrO2.C6H13NO3.CCl4.CH4O.3CH4.H3NO/c2*1-17(29)23(24(30)26-32)28-16-21-14-19(8-9-22(21)25(28)31)5-2-18-3-6-20(7-4-18)15-27-10-12-33-13-11-27;1-3-20-14(19)12(8(2)17)16-7-9-6-10(15)4-5-11(9)13(16)18;1-2-12-3-5-13(6-4-12)11-14-7-9-15-10-8-14;9-4-5-3-6(10)1-2-7(5)8(11)12;1-5-4-6(9)2-3-7(5)8(10)11;1-3-10-6(9)5(7)4(2)8;2-1(3,4)5;1-2;;;;1-2/h2*3-4,6-9,14,17,23,29,32H,10-13,15-16H2,1H3,(H,26,30);4-6,8,12,17H,3,7H2,1-2H3;1,3-6H,7-11H2;1-3H,4H2,(H,11,12);2-4H,1H3,(H,10,11);4-5,8H,3,7H2,1-2H3;;2H,1H3;3*1H4;2H,1H2. The number of ether oxygens (including phenoxy) is 5. The summed E-state index contributed by atoms with van der Waals surface area (Å²) in [5.41, 5.74) is 22.3. The van der Waals surface area contributed by atoms with Crippen LogP contribution in [-0.4, -0.2) is 285 Å². The lowest BCUT2D eigenvalue weighted by Gasteiger charge is -2.27. The van der Waals surface area contributed by atoms with Crippen molar-refractivity contribution >= 4 is 164 Å². The fourth-order valence-electron chi connectivity index (χ4n) is 14.6. The number of aliphatic hydroxyl groups is 5. The Morgan fingerprint density at radius 1 is 0.452 bits per heavy atom. The molecule has 14 rings (SSSR count). The molecule has 146 heavy (non-hydrogen) atoms. The number of benzene rings is 8. The molecule has 0 bridgehead atoms. The molecule has 5 amide bonds. The zero-order chi connectivity index (χ0) is 106. The quantitative estimate of drug-likeness (QED) is 0.00985. The number of halogens is 8. The van der Waals surface area contributed by atoms with E-state index in [0.717, 1.165) is 175 Å². The zero-order valence-corrected chi connectivity index (χ0v) is 89.1. The minimum absolute atomic E-state index is 0. The number of rotatable bonds is 22. The molecule has 8 aromatic carbocycles. The van der Waals surface area contributed by atoms with Crippen LogP contribution in [0, 0.1) is 42.9 Å². The number of carbonyl (C=O) groups excluding carboxylic acids is 7. The first-order valence-electron chi connectivity index (χ1n) is 44.5. The van der Waals surface area contributed by atoms with Crippen molar-refractivity contribution in [2.24, 2.45) is 11.6 Å². The molecule has 8 aromatic rings. The monoisotopic (exact) mass is 2360 g/mol. The number of nitrogens with one attached hydrogen (secondary N) is 2. The number of alkyl halides is 5. The van der Waals surface area contributed by atoms with Gasteiger partial charge in [-0.3, -0.25) is 53.9 Å². The number of aromatic carboxylic acids is 2. The van der Waals surface area contributed by atoms with Gasteiger partial charge in [0, 0.05) is 149 Å². The highest BCUT2D eigenvalue weighted by atomic mass is 79.9. The summed E-state index contributed by atoms with van der Waals surface area (Å²) in [4.78, 5) is 117. The number of fused-ring (bicyclic) bond motifs is 3. The number of esters is 2. The van der Waals surface area contributed by atoms with Crippen LogP contribution in [0.1, 0.15) is 188 Å². The minimum atomic E-state index is -1.61. The third-order valence-corrected chi connectivity index (χ3v) is 23.7. The Hall–Kier alpha value is -9.89. The lowest BCUT2D eigenvalue weighted by atomic mass is 10.1. The van der Waals surface area contributed by atoms with Gasteiger partial charge in [-0.25, -0.2) is 31.2 Å². The van der Waals surface area contributed by atoms with Gasteiger partial charge >= 0.3 is 23.9 Å². The van der Waals surface area contributed by atoms with Gasteiger partial charge in [-0.1, -0.05) is 198 Å². The number of aryl methyl sites for hydroxylation is 1. The van der Waals surface area contributed by atoms with Crippen LogP contribution < -0.4 is 22.6 Å². The fourth-order valence-corrected chi connectivity index (χ4v) is 16.4. The van der Waals surface area contributed by atoms with Crippen LogP contribution in [0.2, 0.25) is 0 Å². The number of carboxylic acids is 2. The summed E-state index contributed by atoms with van der Waals surface area (Å²) < 4.78 is 26.6. The zero-order valence-electron chi connectivity index (χ0n) is 79.7. The molecule has 3 saturated heterocycles. The summed E-state index contributed by atoms with van der Waals surface area (Å²) in [7, 11) is 1.00. The minimum Gasteiger partial charge on any atom is -0.478 e. The van der Waals surface area contributed by atoms with Gasteiger partial charge in [0.2, 0.25) is 0 Å². The van der Waals surface area contributed by atoms with Crippen molar-refractivity contribution in [3.8, 4) is 36.0 Å². The molecule has 6 aliphatic heterocycles. The molecule has 0 saturated carbocycles. The van der Waals surface area contributed by atoms with Crippen LogP contribution in [0.15, 0.2) is 177 Å². The topological polar surface area (TPSA) is 498 Å². The van der Waals surface area contributed by atoms with E-state index in [-0.39, 0.29) is 59.7 Å². The lowest BCUT2D eigenvalue weighted by molar-refractivity contribution is -0.152. The van der Waals surface area contributed by atoms with Crippen molar-refractivity contribution in [1.82, 2.24) is 40.4 Å². The molecular weight excluding hydrogens is 2230 g/mol. The number of nitrogens with two attached hydrogens (primary N) is 2. The number of hydroxylamine groups is 2. The molecule has 42 heteroatoms. The Morgan fingerprint density at radius 3 is 1.06 bits per heavy atom. The lowest BCUT2D eigenvalue weighted by Crippen LogP contribution is -2.52. The van der Waals surface area contributed by atoms with Crippen molar-refractivity contribution in [2.75, 3.05) is 99.2 Å². The number of terminal acetylenes is 1. The normalized spacial score (nSPS) is 15.2. The van der Waals surface area contributed by atoms with Gasteiger partial charge in [0.25, 0.3) is 32.8 Å². The average molecular weight is 2370 g/mol. The van der Waals surface area contributed by atoms with Crippen molar-refractivity contribution in [3.63, 3.8) is 0 Å². The van der Waals surface area contributed by atoms with Crippen LogP contribution >= 0.6 is 110 Å². The predicted octanol–water partition coefficient (Wildman–Crippen LogP) is 13.6. The van der Waals surface area contributed by atoms with Gasteiger partial charge in [0.1, 0.15) is 18.1 Å². The van der Waals surface area contributed by atoms with Crippen molar-refractivity contribution in [3.05, 3.63) is 277 Å². The predicted molar refractivity (Wildman–Crippen MR) is 573 cm³/mol. The Balaban J connectivity index is 0.000000591. The van der Waals surface area contributed by atoms with E-state index in [1.54, 1.807) is 93.6 Å². The summed E-state index contributed by atoms with van der Waals surface area (Å²) in [6, 6.07) is 46.4. The number of hydrogen-bond acceptors (Lipinski definition) is 27. The molecule has 6 aliphatic rings. The molecule has 796 valence electrons. The molecule has 0 spiro atoms. The van der Waals surface area contributed by atoms with Gasteiger partial charge in [-0.2, -0.15) is 0 Å². The largest absolute Gasteiger partial charge is 0.478 e. The van der Waals surface area contributed by atoms with Gasteiger partial charge < -0.3 is 85.1 Å². The summed E-state index contributed by atoms with van der Waals surface area (Å²) in [5, 5.41) is 87.9. The van der Waals surface area contributed by atoms with E-state index in [1.165, 1.54) is 70.0 Å². The fraction of sp³-hybridized carbons (Fsp3) is 0.394. The second-order valence-corrected chi connectivity index (χ2v) is 38.7. The number of aliphatic hydroxyl groups excluding tert-OH is 5. The second-order valence-electron chi connectivity index (χ2n) is 32.0. The molecule has 0 aromatic heterocycles. The summed E-state index contributed by atoms with van der Waals surface area (Å²) in [5.74, 6) is 13.1. The number of carbonyl (C=O) groups is 9. The van der Waals surface area contributed by atoms with E-state index in [1.807, 2.05) is 54.6 Å². The molecule has 0 radical (unpaired) electrons. The Bertz CT molecular complexity index is 5490. The maximum absolute atomic E-state index is 12.7. The average Bonchev–Trinajstić information content (AvgIpc) is 1.64. The number of carboxylic acid groups (broad SMARTS) is 2. The van der Waals surface area contributed by atoms with Crippen molar-refractivity contribution in [1.29, 1.82) is 0 Å². The molecule has 34 nitrogen and oxygen atoms in total. The van der Waals surface area contributed by atoms with E-state index >= 15 is 0 Å². The summed E-state index contributed by atoms with van der Waals surface area (Å²) in [6.07, 6.45) is 1.19. The molecule has 16 N–H and O–H groups in total. The van der Waals surface area contributed by atoms with Gasteiger partial charge in [-0.15, -0.1) is 6.42 Å². The Morgan fingerprint density at radius 2 is 0.747 bits per heavy atom. The molecule has 0 aliphatic carbocycles. The van der Waals surface area contributed by atoms with Crippen LogP contribution in [0.5, 0.6) is 0 Å². The second kappa shape index (κ2) is 68.7. The Labute approximate surface area is 906 Å². The van der Waals surface area contributed by atoms with Crippen molar-refractivity contribution < 1.29 is 118 Å². The molecular formula is C104H130Br4Cl4N10O24. The number of amides is 5. The molecule has 8 atom stereocenters. The Kier molecular flexibility index (Phi) is 62.2. The third-order valence-electron chi connectivity index (χ3n) is 21.6. The number of hydrogen-bond donors (Lipinski definition) is 14. The first-order chi connectivity index (χ1) is 68.1. The van der Waals surface area contributed by atoms with Crippen LogP contribution in [-0.2, 0) is 87.5 Å².